The summed E-state index contributed by atoms with van der Waals surface area (Å²) in [6.07, 6.45) is -4.45. The second-order valence-electron chi connectivity index (χ2n) is 7.43. The molecule has 0 spiro atoms. The number of carbonyl (C=O) groups is 1. The number of nitrogens with one attached hydrogen (secondary N) is 2. The molecule has 3 aromatic rings. The largest absolute Gasteiger partial charge is 0.449 e. The van der Waals surface area contributed by atoms with Crippen molar-refractivity contribution >= 4 is 6.09 Å². The Kier molecular flexibility index (Phi) is 6.22. The molecule has 1 aliphatic carbocycles. The SMILES string of the molecule is O=C(NCCC#Cc1cc(C(F)(F)F)c[nH]c1=O)OCC1c2ccccc2-c2ccccc21. The number of rotatable bonds is 4. The molecule has 4 rings (SSSR count). The van der Waals surface area contributed by atoms with Gasteiger partial charge in [0.2, 0.25) is 0 Å². The summed E-state index contributed by atoms with van der Waals surface area (Å²) in [4.78, 5) is 25.8. The molecule has 0 fully saturated rings. The number of aromatic nitrogens is 1. The number of hydrogen-bond donors (Lipinski definition) is 2. The lowest BCUT2D eigenvalue weighted by atomic mass is 9.98. The number of aromatic amines is 1. The molecule has 33 heavy (non-hydrogen) atoms. The van der Waals surface area contributed by atoms with Crippen molar-refractivity contribution in [2.24, 2.45) is 0 Å². The first kappa shape index (κ1) is 22.2. The summed E-state index contributed by atoms with van der Waals surface area (Å²) in [6.45, 7) is 0.297. The van der Waals surface area contributed by atoms with Gasteiger partial charge in [-0.1, -0.05) is 60.4 Å². The summed E-state index contributed by atoms with van der Waals surface area (Å²) in [5.74, 6) is 4.94. The Hall–Kier alpha value is -3.99. The summed E-state index contributed by atoms with van der Waals surface area (Å²) in [7, 11) is 0. The number of hydrogen-bond acceptors (Lipinski definition) is 3. The Balaban J connectivity index is 1.30. The minimum atomic E-state index is -4.58. The number of benzene rings is 2. The van der Waals surface area contributed by atoms with Gasteiger partial charge in [-0.15, -0.1) is 0 Å². The molecule has 0 unspecified atom stereocenters. The van der Waals surface area contributed by atoms with E-state index < -0.39 is 23.4 Å². The van der Waals surface area contributed by atoms with E-state index >= 15 is 0 Å². The smallest absolute Gasteiger partial charge is 0.417 e. The maximum absolute atomic E-state index is 12.7. The Labute approximate surface area is 187 Å². The van der Waals surface area contributed by atoms with Crippen molar-refractivity contribution in [2.75, 3.05) is 13.2 Å². The van der Waals surface area contributed by atoms with Crippen LogP contribution in [0, 0.1) is 11.8 Å². The van der Waals surface area contributed by atoms with E-state index in [0.29, 0.717) is 12.3 Å². The number of carbonyl (C=O) groups excluding carboxylic acids is 1. The quantitative estimate of drug-likeness (QED) is 0.446. The molecule has 0 aliphatic heterocycles. The lowest BCUT2D eigenvalue weighted by molar-refractivity contribution is -0.137. The molecule has 2 aromatic carbocycles. The fourth-order valence-corrected chi connectivity index (χ4v) is 3.77. The van der Waals surface area contributed by atoms with Gasteiger partial charge in [0.1, 0.15) is 6.61 Å². The van der Waals surface area contributed by atoms with E-state index in [0.717, 1.165) is 22.3 Å². The highest BCUT2D eigenvalue weighted by atomic mass is 19.4. The van der Waals surface area contributed by atoms with Crippen LogP contribution in [0.2, 0.25) is 0 Å². The average Bonchev–Trinajstić information content (AvgIpc) is 3.11. The Bertz CT molecular complexity index is 1260. The van der Waals surface area contributed by atoms with Crippen molar-refractivity contribution in [2.45, 2.75) is 18.5 Å². The molecule has 1 amide bonds. The van der Waals surface area contributed by atoms with E-state index in [1.165, 1.54) is 0 Å². The predicted molar refractivity (Wildman–Crippen MR) is 117 cm³/mol. The van der Waals surface area contributed by atoms with Crippen LogP contribution < -0.4 is 10.9 Å². The van der Waals surface area contributed by atoms with Crippen LogP contribution in [0.4, 0.5) is 18.0 Å². The zero-order chi connectivity index (χ0) is 23.4. The van der Waals surface area contributed by atoms with Gasteiger partial charge >= 0.3 is 12.3 Å². The predicted octanol–water partition coefficient (Wildman–Crippen LogP) is 4.67. The van der Waals surface area contributed by atoms with Crippen molar-refractivity contribution in [3.05, 3.63) is 93.4 Å². The molecule has 2 N–H and O–H groups in total. The highest BCUT2D eigenvalue weighted by Gasteiger charge is 2.31. The first-order valence-electron chi connectivity index (χ1n) is 10.2. The van der Waals surface area contributed by atoms with Gasteiger partial charge in [-0.2, -0.15) is 13.2 Å². The third kappa shape index (κ3) is 4.93. The number of pyridine rings is 1. The first-order chi connectivity index (χ1) is 15.8. The Morgan fingerprint density at radius 1 is 1.06 bits per heavy atom. The van der Waals surface area contributed by atoms with Gasteiger partial charge in [0.05, 0.1) is 11.1 Å². The van der Waals surface area contributed by atoms with E-state index in [-0.39, 0.29) is 31.1 Å². The van der Waals surface area contributed by atoms with Gasteiger partial charge < -0.3 is 15.0 Å². The summed E-state index contributed by atoms with van der Waals surface area (Å²) in [5, 5.41) is 2.56. The lowest BCUT2D eigenvalue weighted by Crippen LogP contribution is -2.26. The van der Waals surface area contributed by atoms with Crippen LogP contribution in [-0.2, 0) is 10.9 Å². The molecule has 0 saturated carbocycles. The van der Waals surface area contributed by atoms with Gasteiger partial charge in [-0.3, -0.25) is 4.79 Å². The van der Waals surface area contributed by atoms with Crippen molar-refractivity contribution in [1.29, 1.82) is 0 Å². The number of fused-ring (bicyclic) bond motifs is 3. The lowest BCUT2D eigenvalue weighted by Gasteiger charge is -2.14. The maximum Gasteiger partial charge on any atom is 0.417 e. The van der Waals surface area contributed by atoms with E-state index in [4.69, 9.17) is 4.74 Å². The molecule has 0 atom stereocenters. The van der Waals surface area contributed by atoms with Gasteiger partial charge in [0, 0.05) is 25.1 Å². The van der Waals surface area contributed by atoms with Crippen molar-refractivity contribution < 1.29 is 22.7 Å². The minimum absolute atomic E-state index is 0.0597. The van der Waals surface area contributed by atoms with Crippen molar-refractivity contribution in [3.8, 4) is 23.0 Å². The third-order valence-corrected chi connectivity index (χ3v) is 5.32. The van der Waals surface area contributed by atoms with Crippen LogP contribution in [0.1, 0.15) is 34.6 Å². The Morgan fingerprint density at radius 2 is 1.70 bits per heavy atom. The molecular formula is C25H19F3N2O3. The molecule has 0 saturated heterocycles. The summed E-state index contributed by atoms with van der Waals surface area (Å²) in [5.41, 5.74) is 2.48. The minimum Gasteiger partial charge on any atom is -0.449 e. The fraction of sp³-hybridized carbons (Fsp3) is 0.200. The molecule has 168 valence electrons. The zero-order valence-electron chi connectivity index (χ0n) is 17.3. The van der Waals surface area contributed by atoms with Gasteiger partial charge in [-0.25, -0.2) is 4.79 Å². The number of ether oxygens (including phenoxy) is 1. The van der Waals surface area contributed by atoms with Crippen LogP contribution in [0.3, 0.4) is 0 Å². The maximum atomic E-state index is 12.7. The van der Waals surface area contributed by atoms with E-state index in [2.05, 4.69) is 17.2 Å². The Morgan fingerprint density at radius 3 is 2.33 bits per heavy atom. The molecule has 0 radical (unpaired) electrons. The standard InChI is InChI=1S/C25H19F3N2O3/c26-25(27,28)17-13-16(23(31)30-14-17)7-5-6-12-29-24(32)33-15-22-20-10-3-1-8-18(20)19-9-2-4-11-21(19)22/h1-4,8-11,13-14,22H,6,12,15H2,(H,29,32)(H,30,31). The van der Waals surface area contributed by atoms with Gasteiger partial charge in [0.15, 0.2) is 0 Å². The number of alkyl halides is 3. The zero-order valence-corrected chi connectivity index (χ0v) is 17.3. The fourth-order valence-electron chi connectivity index (χ4n) is 3.77. The second-order valence-corrected chi connectivity index (χ2v) is 7.43. The molecule has 1 aromatic heterocycles. The van der Waals surface area contributed by atoms with E-state index in [1.54, 1.807) is 0 Å². The van der Waals surface area contributed by atoms with Crippen molar-refractivity contribution in [3.63, 3.8) is 0 Å². The molecule has 0 bridgehead atoms. The highest BCUT2D eigenvalue weighted by molar-refractivity contribution is 5.79. The molecule has 8 heteroatoms. The van der Waals surface area contributed by atoms with Crippen LogP contribution in [0.5, 0.6) is 0 Å². The van der Waals surface area contributed by atoms with Crippen LogP contribution in [-0.4, -0.2) is 24.2 Å². The van der Waals surface area contributed by atoms with Crippen molar-refractivity contribution in [1.82, 2.24) is 10.3 Å². The molecule has 1 heterocycles. The molecule has 1 aliphatic rings. The van der Waals surface area contributed by atoms with E-state index in [1.807, 2.05) is 53.5 Å². The summed E-state index contributed by atoms with van der Waals surface area (Å²) in [6, 6.07) is 16.7. The first-order valence-corrected chi connectivity index (χ1v) is 10.2. The highest BCUT2D eigenvalue weighted by Crippen LogP contribution is 2.44. The monoisotopic (exact) mass is 452 g/mol. The molecular weight excluding hydrogens is 433 g/mol. The van der Waals surface area contributed by atoms with Gasteiger partial charge in [-0.05, 0) is 28.3 Å². The summed E-state index contributed by atoms with van der Waals surface area (Å²) >= 11 is 0. The number of alkyl carbamates (subject to hydrolysis) is 1. The normalized spacial score (nSPS) is 12.3. The second kappa shape index (κ2) is 9.25. The average molecular weight is 452 g/mol. The van der Waals surface area contributed by atoms with Crippen LogP contribution in [0.25, 0.3) is 11.1 Å². The third-order valence-electron chi connectivity index (χ3n) is 5.32. The number of H-pyrrole nitrogens is 1. The number of amides is 1. The van der Waals surface area contributed by atoms with E-state index in [9.17, 15) is 22.8 Å². The number of halogens is 3. The topological polar surface area (TPSA) is 71.2 Å². The van der Waals surface area contributed by atoms with Crippen LogP contribution >= 0.6 is 0 Å². The van der Waals surface area contributed by atoms with Gasteiger partial charge in [0.25, 0.3) is 5.56 Å². The molecule has 5 nitrogen and oxygen atoms in total. The van der Waals surface area contributed by atoms with Crippen LogP contribution in [0.15, 0.2) is 65.6 Å². The summed E-state index contributed by atoms with van der Waals surface area (Å²) < 4.78 is 43.6.